The molecule has 3 amide bonds. The monoisotopic (exact) mass is 576 g/mol. The molecule has 8 nitrogen and oxygen atoms in total. The first-order valence-corrected chi connectivity index (χ1v) is 15.0. The summed E-state index contributed by atoms with van der Waals surface area (Å²) < 4.78 is 19.8. The number of benzene rings is 2. The average Bonchev–Trinajstić information content (AvgIpc) is 2.98. The second-order valence-corrected chi connectivity index (χ2v) is 12.0. The van der Waals surface area contributed by atoms with Gasteiger partial charge in [0.15, 0.2) is 0 Å². The molecule has 3 atom stereocenters. The number of nitrogens with zero attached hydrogens (tertiary/aromatic N) is 1. The van der Waals surface area contributed by atoms with Crippen LogP contribution in [-0.4, -0.2) is 67.6 Å². The van der Waals surface area contributed by atoms with E-state index in [1.54, 1.807) is 12.1 Å². The summed E-state index contributed by atoms with van der Waals surface area (Å²) in [6.45, 7) is 4.27. The van der Waals surface area contributed by atoms with E-state index in [0.29, 0.717) is 64.8 Å². The average molecular weight is 577 g/mol. The number of anilines is 1. The van der Waals surface area contributed by atoms with Gasteiger partial charge in [-0.3, -0.25) is 19.3 Å². The number of aryl methyl sites for hydroxylation is 1. The molecule has 42 heavy (non-hydrogen) atoms. The summed E-state index contributed by atoms with van der Waals surface area (Å²) in [5.74, 6) is -0.915. The maximum absolute atomic E-state index is 14.2. The fraction of sp³-hybridized carbons (Fsp3) is 0.485. The summed E-state index contributed by atoms with van der Waals surface area (Å²) in [6.07, 6.45) is 7.82. The number of hydrogen-bond donors (Lipinski definition) is 3. The van der Waals surface area contributed by atoms with E-state index in [9.17, 15) is 18.8 Å². The Balaban J connectivity index is 1.31. The van der Waals surface area contributed by atoms with Crippen LogP contribution in [0.25, 0.3) is 0 Å². The highest BCUT2D eigenvalue weighted by atomic mass is 19.1. The summed E-state index contributed by atoms with van der Waals surface area (Å²) in [4.78, 5) is 42.3. The molecule has 9 heteroatoms. The molecule has 0 unspecified atom stereocenters. The largest absolute Gasteiger partial charge is 0.381 e. The van der Waals surface area contributed by atoms with E-state index < -0.39 is 17.3 Å². The zero-order valence-corrected chi connectivity index (χ0v) is 24.2. The Hall–Kier alpha value is -3.56. The molecule has 0 bridgehead atoms. The van der Waals surface area contributed by atoms with E-state index in [1.807, 2.05) is 37.3 Å². The lowest BCUT2D eigenvalue weighted by Crippen LogP contribution is -2.58. The SMILES string of the molecule is Cc1ccc(F)c(NC(=O)CN2CC[C@H]3NC(=O)[C@@H](Cc4ccccc4)NC(=O)C4(C/C=C/C[C@@H]3C2)CCOCC4)c1. The molecule has 1 spiro atoms. The van der Waals surface area contributed by atoms with Gasteiger partial charge in [-0.1, -0.05) is 48.6 Å². The highest BCUT2D eigenvalue weighted by Crippen LogP contribution is 2.36. The van der Waals surface area contributed by atoms with Gasteiger partial charge in [-0.15, -0.1) is 0 Å². The van der Waals surface area contributed by atoms with E-state index in [-0.39, 0.29) is 41.9 Å². The number of rotatable bonds is 5. The fourth-order valence-electron chi connectivity index (χ4n) is 6.33. The van der Waals surface area contributed by atoms with Gasteiger partial charge in [0.2, 0.25) is 17.7 Å². The van der Waals surface area contributed by atoms with Crippen LogP contribution in [0.4, 0.5) is 10.1 Å². The molecule has 2 aromatic carbocycles. The number of carbonyl (C=O) groups is 3. The lowest BCUT2D eigenvalue weighted by molar-refractivity contribution is -0.140. The van der Waals surface area contributed by atoms with Crippen molar-refractivity contribution in [2.24, 2.45) is 11.3 Å². The van der Waals surface area contributed by atoms with Crippen LogP contribution in [0.15, 0.2) is 60.7 Å². The number of nitrogens with one attached hydrogen (secondary N) is 3. The number of carbonyl (C=O) groups excluding carboxylic acids is 3. The van der Waals surface area contributed by atoms with Crippen molar-refractivity contribution in [3.8, 4) is 0 Å². The van der Waals surface area contributed by atoms with Crippen LogP contribution in [0.2, 0.25) is 0 Å². The first-order valence-electron chi connectivity index (χ1n) is 15.0. The number of ether oxygens (including phenoxy) is 1. The molecule has 2 aromatic rings. The number of allylic oxidation sites excluding steroid dienone is 2. The second-order valence-electron chi connectivity index (χ2n) is 12.0. The summed E-state index contributed by atoms with van der Waals surface area (Å²) in [6, 6.07) is 13.6. The molecule has 3 N–H and O–H groups in total. The molecule has 2 fully saturated rings. The van der Waals surface area contributed by atoms with E-state index in [4.69, 9.17) is 4.74 Å². The Morgan fingerprint density at radius 2 is 1.88 bits per heavy atom. The van der Waals surface area contributed by atoms with Gasteiger partial charge in [0, 0.05) is 38.8 Å². The molecular weight excluding hydrogens is 535 g/mol. The van der Waals surface area contributed by atoms with Gasteiger partial charge in [-0.2, -0.15) is 0 Å². The Labute approximate surface area is 247 Å². The van der Waals surface area contributed by atoms with E-state index in [1.165, 1.54) is 6.07 Å². The molecule has 0 radical (unpaired) electrons. The molecule has 3 aliphatic rings. The van der Waals surface area contributed by atoms with E-state index >= 15 is 0 Å². The van der Waals surface area contributed by atoms with Crippen LogP contribution in [0.1, 0.15) is 43.2 Å². The predicted octanol–water partition coefficient (Wildman–Crippen LogP) is 3.75. The van der Waals surface area contributed by atoms with Crippen LogP contribution in [0, 0.1) is 24.1 Å². The van der Waals surface area contributed by atoms with Crippen LogP contribution in [-0.2, 0) is 25.5 Å². The van der Waals surface area contributed by atoms with Crippen LogP contribution >= 0.6 is 0 Å². The van der Waals surface area contributed by atoms with Crippen molar-refractivity contribution in [3.05, 3.63) is 77.6 Å². The molecule has 5 rings (SSSR count). The van der Waals surface area contributed by atoms with Crippen molar-refractivity contribution in [1.82, 2.24) is 15.5 Å². The number of likely N-dealkylation sites (tertiary alicyclic amines) is 1. The third kappa shape index (κ3) is 7.44. The number of piperidine rings is 1. The van der Waals surface area contributed by atoms with Gasteiger partial charge in [0.1, 0.15) is 11.9 Å². The van der Waals surface area contributed by atoms with Crippen molar-refractivity contribution in [2.45, 2.75) is 57.5 Å². The molecular formula is C33H41FN4O4. The first kappa shape index (κ1) is 29.9. The van der Waals surface area contributed by atoms with Gasteiger partial charge >= 0.3 is 0 Å². The maximum atomic E-state index is 14.2. The predicted molar refractivity (Wildman–Crippen MR) is 159 cm³/mol. The number of halogens is 1. The Bertz CT molecular complexity index is 1290. The minimum Gasteiger partial charge on any atom is -0.381 e. The smallest absolute Gasteiger partial charge is 0.243 e. The van der Waals surface area contributed by atoms with Gasteiger partial charge < -0.3 is 20.7 Å². The number of fused-ring (bicyclic) bond motifs is 1. The molecule has 224 valence electrons. The topological polar surface area (TPSA) is 99.8 Å². The van der Waals surface area contributed by atoms with Gasteiger partial charge in [0.25, 0.3) is 0 Å². The van der Waals surface area contributed by atoms with Crippen molar-refractivity contribution in [1.29, 1.82) is 0 Å². The molecule has 0 aliphatic carbocycles. The quantitative estimate of drug-likeness (QED) is 0.471. The molecule has 0 aromatic heterocycles. The Morgan fingerprint density at radius 1 is 1.10 bits per heavy atom. The lowest BCUT2D eigenvalue weighted by Gasteiger charge is -2.40. The first-order chi connectivity index (χ1) is 20.3. The van der Waals surface area contributed by atoms with Crippen molar-refractivity contribution < 1.29 is 23.5 Å². The zero-order chi connectivity index (χ0) is 29.5. The summed E-state index contributed by atoms with van der Waals surface area (Å²) in [5.41, 5.74) is 1.43. The summed E-state index contributed by atoms with van der Waals surface area (Å²) in [5, 5.41) is 9.09. The third-order valence-electron chi connectivity index (χ3n) is 8.86. The normalized spacial score (nSPS) is 25.7. The van der Waals surface area contributed by atoms with Gasteiger partial charge in [-0.05, 0) is 68.2 Å². The van der Waals surface area contributed by atoms with E-state index in [2.05, 4.69) is 33.0 Å². The standard InChI is InChI=1S/C33H41FN4O4/c1-23-10-11-26(34)28(19-23)35-30(39)22-38-16-12-27-25(21-38)9-5-6-13-33(14-17-42-18-15-33)32(41)37-29(31(40)36-27)20-24-7-3-2-4-8-24/h2-8,10-11,19,25,27,29H,9,12-18,20-22H2,1H3,(H,35,39)(H,36,40)(H,37,41)/b6-5+/t25-,27-,29-/m1/s1. The van der Waals surface area contributed by atoms with Crippen LogP contribution in [0.3, 0.4) is 0 Å². The van der Waals surface area contributed by atoms with Crippen LogP contribution in [0.5, 0.6) is 0 Å². The molecule has 3 aliphatic heterocycles. The number of hydrogen-bond acceptors (Lipinski definition) is 5. The second kappa shape index (κ2) is 13.6. The van der Waals surface area contributed by atoms with Gasteiger partial charge in [0.05, 0.1) is 17.6 Å². The highest BCUT2D eigenvalue weighted by Gasteiger charge is 2.41. The van der Waals surface area contributed by atoms with E-state index in [0.717, 1.165) is 11.1 Å². The molecule has 0 saturated carbocycles. The van der Waals surface area contributed by atoms with Crippen molar-refractivity contribution in [2.75, 3.05) is 38.2 Å². The minimum absolute atomic E-state index is 0.0839. The van der Waals surface area contributed by atoms with Crippen LogP contribution < -0.4 is 16.0 Å². The summed E-state index contributed by atoms with van der Waals surface area (Å²) >= 11 is 0. The Kier molecular flexibility index (Phi) is 9.69. The number of amides is 3. The fourth-order valence-corrected chi connectivity index (χ4v) is 6.33. The molecule has 3 heterocycles. The third-order valence-corrected chi connectivity index (χ3v) is 8.86. The highest BCUT2D eigenvalue weighted by molar-refractivity contribution is 5.92. The molecule has 2 saturated heterocycles. The Morgan fingerprint density at radius 3 is 2.67 bits per heavy atom. The van der Waals surface area contributed by atoms with Crippen molar-refractivity contribution in [3.63, 3.8) is 0 Å². The lowest BCUT2D eigenvalue weighted by atomic mass is 9.75. The zero-order valence-electron chi connectivity index (χ0n) is 24.2. The van der Waals surface area contributed by atoms with Crippen molar-refractivity contribution >= 4 is 23.4 Å². The minimum atomic E-state index is -0.697. The maximum Gasteiger partial charge on any atom is 0.243 e. The summed E-state index contributed by atoms with van der Waals surface area (Å²) in [7, 11) is 0. The van der Waals surface area contributed by atoms with Gasteiger partial charge in [-0.25, -0.2) is 4.39 Å².